The Labute approximate surface area is 70.4 Å². The zero-order valence-corrected chi connectivity index (χ0v) is 7.52. The first-order chi connectivity index (χ1) is 5.07. The molecule has 0 aromatic heterocycles. The van der Waals surface area contributed by atoms with Gasteiger partial charge in [0, 0.05) is 0 Å². The van der Waals surface area contributed by atoms with Gasteiger partial charge in [-0.1, -0.05) is 0 Å². The number of rotatable bonds is 3. The van der Waals surface area contributed by atoms with Crippen LogP contribution in [0.25, 0.3) is 0 Å². The SMILES string of the molecule is [B]=C(C)C(/C=C\C(=C)C)=C/C. The van der Waals surface area contributed by atoms with E-state index in [0.717, 1.165) is 16.6 Å². The third-order valence-electron chi connectivity index (χ3n) is 1.31. The van der Waals surface area contributed by atoms with Crippen molar-refractivity contribution in [3.8, 4) is 0 Å². The zero-order chi connectivity index (χ0) is 8.85. The Balaban J connectivity index is 4.34. The van der Waals surface area contributed by atoms with Crippen LogP contribution in [0.1, 0.15) is 20.8 Å². The van der Waals surface area contributed by atoms with Gasteiger partial charge in [0.05, 0.1) is 0 Å². The third kappa shape index (κ3) is 4.54. The van der Waals surface area contributed by atoms with Crippen molar-refractivity contribution in [1.29, 1.82) is 0 Å². The summed E-state index contributed by atoms with van der Waals surface area (Å²) in [6.07, 6.45) is 5.90. The van der Waals surface area contributed by atoms with E-state index in [-0.39, 0.29) is 0 Å². The van der Waals surface area contributed by atoms with Crippen LogP contribution in [0.2, 0.25) is 0 Å². The summed E-state index contributed by atoms with van der Waals surface area (Å²) in [5, 5.41) is 0. The summed E-state index contributed by atoms with van der Waals surface area (Å²) in [5.74, 6) is 0. The molecule has 11 heavy (non-hydrogen) atoms. The van der Waals surface area contributed by atoms with E-state index in [2.05, 4.69) is 6.58 Å². The molecule has 0 spiro atoms. The van der Waals surface area contributed by atoms with Crippen molar-refractivity contribution >= 4 is 13.0 Å². The predicted octanol–water partition coefficient (Wildman–Crippen LogP) is 2.43. The molecule has 0 aromatic carbocycles. The molecule has 0 unspecified atom stereocenters. The first-order valence-electron chi connectivity index (χ1n) is 3.67. The Morgan fingerprint density at radius 3 is 2.09 bits per heavy atom. The van der Waals surface area contributed by atoms with Crippen molar-refractivity contribution in [2.75, 3.05) is 0 Å². The van der Waals surface area contributed by atoms with Crippen LogP contribution in [0.15, 0.2) is 36.0 Å². The molecule has 0 rings (SSSR count). The number of hydrogen-bond acceptors (Lipinski definition) is 0. The van der Waals surface area contributed by atoms with Crippen LogP contribution in [0.4, 0.5) is 0 Å². The normalized spacial score (nSPS) is 12.0. The minimum absolute atomic E-state index is 0.838. The van der Waals surface area contributed by atoms with Gasteiger partial charge in [-0.3, -0.25) is 0 Å². The summed E-state index contributed by atoms with van der Waals surface area (Å²) >= 11 is 0. The van der Waals surface area contributed by atoms with Crippen LogP contribution in [-0.4, -0.2) is 13.0 Å². The van der Waals surface area contributed by atoms with E-state index in [1.807, 2.05) is 39.0 Å². The average Bonchev–Trinajstić information content (AvgIpc) is 1.87. The van der Waals surface area contributed by atoms with Crippen LogP contribution in [-0.2, 0) is 0 Å². The Morgan fingerprint density at radius 2 is 1.82 bits per heavy atom. The zero-order valence-electron chi connectivity index (χ0n) is 7.52. The quantitative estimate of drug-likeness (QED) is 0.422. The molecule has 0 fully saturated rings. The van der Waals surface area contributed by atoms with Gasteiger partial charge in [0.2, 0.25) is 0 Å². The van der Waals surface area contributed by atoms with E-state index in [4.69, 9.17) is 7.49 Å². The fraction of sp³-hybridized carbons (Fsp3) is 0.300. The monoisotopic (exact) mass is 145 g/mol. The van der Waals surface area contributed by atoms with E-state index >= 15 is 0 Å². The molecule has 0 atom stereocenters. The minimum atomic E-state index is 0.838. The van der Waals surface area contributed by atoms with Gasteiger partial charge in [0.25, 0.3) is 0 Å². The molecule has 1 radical (unpaired) electrons. The summed E-state index contributed by atoms with van der Waals surface area (Å²) < 4.78 is 0. The second-order valence-corrected chi connectivity index (χ2v) is 2.61. The van der Waals surface area contributed by atoms with Crippen LogP contribution in [0, 0.1) is 0 Å². The third-order valence-corrected chi connectivity index (χ3v) is 1.31. The second kappa shape index (κ2) is 4.89. The molecule has 0 aliphatic rings. The van der Waals surface area contributed by atoms with E-state index in [9.17, 15) is 0 Å². The second-order valence-electron chi connectivity index (χ2n) is 2.61. The topological polar surface area (TPSA) is 0 Å². The Morgan fingerprint density at radius 1 is 1.27 bits per heavy atom. The van der Waals surface area contributed by atoms with Gasteiger partial charge in [0.1, 0.15) is 0 Å². The fourth-order valence-electron chi connectivity index (χ4n) is 0.687. The Bertz CT molecular complexity index is 219. The molecule has 0 N–H and O–H groups in total. The molecule has 0 saturated heterocycles. The first-order valence-corrected chi connectivity index (χ1v) is 3.67. The van der Waals surface area contributed by atoms with Gasteiger partial charge in [-0.15, -0.1) is 0 Å². The molecular weight excluding hydrogens is 131 g/mol. The summed E-state index contributed by atoms with van der Waals surface area (Å²) in [6, 6.07) is 0. The van der Waals surface area contributed by atoms with Crippen LogP contribution < -0.4 is 0 Å². The van der Waals surface area contributed by atoms with Crippen LogP contribution in [0.3, 0.4) is 0 Å². The molecule has 0 saturated carbocycles. The molecule has 0 nitrogen and oxygen atoms in total. The van der Waals surface area contributed by atoms with Crippen molar-refractivity contribution in [3.63, 3.8) is 0 Å². The molecule has 0 amide bonds. The Hall–Kier alpha value is -0.845. The standard InChI is InChI=1S/C10H14B/c1-5-10(9(4)11)7-6-8(2)3/h5-7H,2H2,1,3-4H3/b7-6-,10-5+. The number of allylic oxidation sites excluding steroid dienone is 5. The molecular formula is C10H14B. The maximum absolute atomic E-state index is 5.60. The van der Waals surface area contributed by atoms with Crippen molar-refractivity contribution in [3.05, 3.63) is 36.0 Å². The fourth-order valence-corrected chi connectivity index (χ4v) is 0.687. The summed E-state index contributed by atoms with van der Waals surface area (Å²) in [5.41, 5.74) is 2.93. The molecule has 1 heteroatoms. The van der Waals surface area contributed by atoms with Crippen molar-refractivity contribution < 1.29 is 0 Å². The summed E-state index contributed by atoms with van der Waals surface area (Å²) in [6.45, 7) is 9.56. The van der Waals surface area contributed by atoms with Crippen molar-refractivity contribution in [1.82, 2.24) is 0 Å². The van der Waals surface area contributed by atoms with E-state index in [1.54, 1.807) is 0 Å². The molecule has 0 aliphatic carbocycles. The maximum atomic E-state index is 5.60. The Kier molecular flexibility index (Phi) is 4.52. The summed E-state index contributed by atoms with van der Waals surface area (Å²) in [4.78, 5) is 0. The van der Waals surface area contributed by atoms with Gasteiger partial charge < -0.3 is 0 Å². The molecule has 57 valence electrons. The van der Waals surface area contributed by atoms with E-state index < -0.39 is 0 Å². The van der Waals surface area contributed by atoms with Crippen molar-refractivity contribution in [2.24, 2.45) is 0 Å². The van der Waals surface area contributed by atoms with E-state index in [0.29, 0.717) is 0 Å². The van der Waals surface area contributed by atoms with E-state index in [1.165, 1.54) is 0 Å². The molecule has 0 aromatic rings. The molecule has 0 aliphatic heterocycles. The van der Waals surface area contributed by atoms with Gasteiger partial charge in [-0.2, -0.15) is 0 Å². The molecule has 0 heterocycles. The first kappa shape index (κ1) is 10.2. The van der Waals surface area contributed by atoms with Gasteiger partial charge >= 0.3 is 69.7 Å². The van der Waals surface area contributed by atoms with Gasteiger partial charge in [-0.25, -0.2) is 0 Å². The average molecular weight is 145 g/mol. The van der Waals surface area contributed by atoms with Gasteiger partial charge in [-0.05, 0) is 0 Å². The number of hydrogen-bond donors (Lipinski definition) is 0. The van der Waals surface area contributed by atoms with Gasteiger partial charge in [0.15, 0.2) is 0 Å². The van der Waals surface area contributed by atoms with Crippen LogP contribution in [0.5, 0.6) is 0 Å². The van der Waals surface area contributed by atoms with Crippen LogP contribution >= 0.6 is 0 Å². The predicted molar refractivity (Wildman–Crippen MR) is 54.1 cm³/mol. The summed E-state index contributed by atoms with van der Waals surface area (Å²) in [7, 11) is 5.60. The van der Waals surface area contributed by atoms with Crippen molar-refractivity contribution in [2.45, 2.75) is 20.8 Å². The molecule has 0 bridgehead atoms.